The van der Waals surface area contributed by atoms with Crippen LogP contribution >= 0.6 is 0 Å². The van der Waals surface area contributed by atoms with Crippen molar-refractivity contribution in [2.75, 3.05) is 6.61 Å². The first kappa shape index (κ1) is 12.8. The van der Waals surface area contributed by atoms with Crippen LogP contribution in [0.15, 0.2) is 18.2 Å². The summed E-state index contributed by atoms with van der Waals surface area (Å²) in [5.41, 5.74) is 0.881. The average molecular weight is 223 g/mol. The van der Waals surface area contributed by atoms with Crippen LogP contribution in [0.4, 0.5) is 0 Å². The molecule has 1 aromatic carbocycles. The van der Waals surface area contributed by atoms with Crippen LogP contribution in [0.2, 0.25) is 0 Å². The number of aromatic hydroxyl groups is 1. The smallest absolute Gasteiger partial charge is 0.162 e. The molecule has 0 aliphatic carbocycles. The molecular formula is C13H21NO2. The molecular weight excluding hydrogens is 202 g/mol. The van der Waals surface area contributed by atoms with E-state index in [-0.39, 0.29) is 5.75 Å². The molecule has 0 radical (unpaired) electrons. The maximum atomic E-state index is 9.94. The summed E-state index contributed by atoms with van der Waals surface area (Å²) in [6, 6.07) is 6.05. The quantitative estimate of drug-likeness (QED) is 0.779. The third-order valence-corrected chi connectivity index (χ3v) is 2.64. The van der Waals surface area contributed by atoms with Gasteiger partial charge in [0.05, 0.1) is 6.61 Å². The second-order valence-electron chi connectivity index (χ2n) is 3.89. The van der Waals surface area contributed by atoms with Crippen molar-refractivity contribution in [3.8, 4) is 11.5 Å². The topological polar surface area (TPSA) is 41.5 Å². The number of phenolic OH excluding ortho intramolecular Hbond substituents is 1. The predicted molar refractivity (Wildman–Crippen MR) is 65.9 cm³/mol. The molecule has 0 spiro atoms. The van der Waals surface area contributed by atoms with Gasteiger partial charge in [0, 0.05) is 18.2 Å². The third kappa shape index (κ3) is 3.42. The Balaban J connectivity index is 2.69. The van der Waals surface area contributed by atoms with E-state index in [1.54, 1.807) is 6.07 Å². The van der Waals surface area contributed by atoms with Crippen molar-refractivity contribution in [2.24, 2.45) is 0 Å². The first-order valence-corrected chi connectivity index (χ1v) is 5.86. The Bertz CT molecular complexity index is 326. The lowest BCUT2D eigenvalue weighted by Gasteiger charge is -2.14. The molecule has 90 valence electrons. The van der Waals surface area contributed by atoms with E-state index in [4.69, 9.17) is 4.74 Å². The van der Waals surface area contributed by atoms with Crippen LogP contribution in [0.1, 0.15) is 32.8 Å². The number of phenols is 1. The molecule has 1 aromatic rings. The van der Waals surface area contributed by atoms with Crippen LogP contribution in [0.25, 0.3) is 0 Å². The summed E-state index contributed by atoms with van der Waals surface area (Å²) in [5.74, 6) is 0.811. The average Bonchev–Trinajstić information content (AvgIpc) is 2.30. The van der Waals surface area contributed by atoms with E-state index in [0.717, 1.165) is 12.0 Å². The SMILES string of the molecule is CCOc1cccc(CNC(C)CC)c1O. The lowest BCUT2D eigenvalue weighted by molar-refractivity contribution is 0.316. The molecule has 0 bridgehead atoms. The summed E-state index contributed by atoms with van der Waals surface area (Å²) in [4.78, 5) is 0. The van der Waals surface area contributed by atoms with Crippen molar-refractivity contribution in [3.63, 3.8) is 0 Å². The van der Waals surface area contributed by atoms with Gasteiger partial charge in [0.1, 0.15) is 0 Å². The second kappa shape index (κ2) is 6.38. The van der Waals surface area contributed by atoms with Crippen LogP contribution in [-0.2, 0) is 6.54 Å². The number of hydrogen-bond donors (Lipinski definition) is 2. The van der Waals surface area contributed by atoms with E-state index in [1.165, 1.54) is 0 Å². The monoisotopic (exact) mass is 223 g/mol. The molecule has 0 aliphatic rings. The van der Waals surface area contributed by atoms with Crippen molar-refractivity contribution >= 4 is 0 Å². The molecule has 1 unspecified atom stereocenters. The van der Waals surface area contributed by atoms with Gasteiger partial charge in [-0.05, 0) is 26.3 Å². The first-order valence-electron chi connectivity index (χ1n) is 5.86. The fraction of sp³-hybridized carbons (Fsp3) is 0.538. The third-order valence-electron chi connectivity index (χ3n) is 2.64. The summed E-state index contributed by atoms with van der Waals surface area (Å²) in [5, 5.41) is 13.3. The second-order valence-corrected chi connectivity index (χ2v) is 3.89. The Hall–Kier alpha value is -1.22. The summed E-state index contributed by atoms with van der Waals surface area (Å²) in [6.45, 7) is 7.40. The van der Waals surface area contributed by atoms with Crippen molar-refractivity contribution < 1.29 is 9.84 Å². The molecule has 0 amide bonds. The molecule has 0 aliphatic heterocycles. The van der Waals surface area contributed by atoms with Gasteiger partial charge in [0.15, 0.2) is 11.5 Å². The molecule has 0 saturated heterocycles. The highest BCUT2D eigenvalue weighted by atomic mass is 16.5. The van der Waals surface area contributed by atoms with Crippen molar-refractivity contribution in [2.45, 2.75) is 39.8 Å². The zero-order chi connectivity index (χ0) is 12.0. The van der Waals surface area contributed by atoms with Gasteiger partial charge in [-0.3, -0.25) is 0 Å². The van der Waals surface area contributed by atoms with E-state index in [9.17, 15) is 5.11 Å². The van der Waals surface area contributed by atoms with Crippen LogP contribution < -0.4 is 10.1 Å². The number of ether oxygens (including phenoxy) is 1. The van der Waals surface area contributed by atoms with Gasteiger partial charge >= 0.3 is 0 Å². The Morgan fingerprint density at radius 3 is 2.75 bits per heavy atom. The van der Waals surface area contributed by atoms with Gasteiger partial charge < -0.3 is 15.2 Å². The molecule has 16 heavy (non-hydrogen) atoms. The lowest BCUT2D eigenvalue weighted by atomic mass is 10.1. The molecule has 1 rings (SSSR count). The molecule has 0 heterocycles. The van der Waals surface area contributed by atoms with Crippen molar-refractivity contribution in [3.05, 3.63) is 23.8 Å². The van der Waals surface area contributed by atoms with Gasteiger partial charge in [-0.25, -0.2) is 0 Å². The number of benzene rings is 1. The highest BCUT2D eigenvalue weighted by molar-refractivity contribution is 5.45. The highest BCUT2D eigenvalue weighted by Crippen LogP contribution is 2.29. The molecule has 3 heteroatoms. The maximum Gasteiger partial charge on any atom is 0.162 e. The summed E-state index contributed by atoms with van der Waals surface area (Å²) < 4.78 is 5.33. The van der Waals surface area contributed by atoms with Gasteiger partial charge in [0.2, 0.25) is 0 Å². The zero-order valence-electron chi connectivity index (χ0n) is 10.3. The van der Waals surface area contributed by atoms with Gasteiger partial charge in [-0.2, -0.15) is 0 Å². The van der Waals surface area contributed by atoms with E-state index in [0.29, 0.717) is 24.9 Å². The van der Waals surface area contributed by atoms with Crippen LogP contribution in [-0.4, -0.2) is 17.8 Å². The van der Waals surface area contributed by atoms with Crippen LogP contribution in [0.3, 0.4) is 0 Å². The number of para-hydroxylation sites is 1. The van der Waals surface area contributed by atoms with Gasteiger partial charge in [-0.1, -0.05) is 19.1 Å². The van der Waals surface area contributed by atoms with E-state index < -0.39 is 0 Å². The van der Waals surface area contributed by atoms with Crippen molar-refractivity contribution in [1.29, 1.82) is 0 Å². The minimum atomic E-state index is 0.250. The van der Waals surface area contributed by atoms with Crippen LogP contribution in [0.5, 0.6) is 11.5 Å². The minimum Gasteiger partial charge on any atom is -0.504 e. The molecule has 1 atom stereocenters. The molecule has 3 nitrogen and oxygen atoms in total. The zero-order valence-corrected chi connectivity index (χ0v) is 10.3. The van der Waals surface area contributed by atoms with Gasteiger partial charge in [-0.15, -0.1) is 0 Å². The van der Waals surface area contributed by atoms with E-state index >= 15 is 0 Å². The minimum absolute atomic E-state index is 0.250. The largest absolute Gasteiger partial charge is 0.504 e. The number of rotatable bonds is 6. The van der Waals surface area contributed by atoms with Crippen LogP contribution in [0, 0.1) is 0 Å². The van der Waals surface area contributed by atoms with E-state index in [1.807, 2.05) is 19.1 Å². The van der Waals surface area contributed by atoms with Crippen molar-refractivity contribution in [1.82, 2.24) is 5.32 Å². The fourth-order valence-corrected chi connectivity index (χ4v) is 1.41. The fourth-order valence-electron chi connectivity index (χ4n) is 1.41. The number of nitrogens with one attached hydrogen (secondary N) is 1. The summed E-state index contributed by atoms with van der Waals surface area (Å²) >= 11 is 0. The number of hydrogen-bond acceptors (Lipinski definition) is 3. The summed E-state index contributed by atoms with van der Waals surface area (Å²) in [7, 11) is 0. The normalized spacial score (nSPS) is 12.4. The highest BCUT2D eigenvalue weighted by Gasteiger charge is 2.08. The summed E-state index contributed by atoms with van der Waals surface area (Å²) in [6.07, 6.45) is 1.08. The Morgan fingerprint density at radius 1 is 1.38 bits per heavy atom. The Kier molecular flexibility index (Phi) is 5.12. The Labute approximate surface area is 97.4 Å². The Morgan fingerprint density at radius 2 is 2.12 bits per heavy atom. The lowest BCUT2D eigenvalue weighted by Crippen LogP contribution is -2.24. The molecule has 0 saturated carbocycles. The van der Waals surface area contributed by atoms with Gasteiger partial charge in [0.25, 0.3) is 0 Å². The standard InChI is InChI=1S/C13H21NO2/c1-4-10(3)14-9-11-7-6-8-12(13(11)15)16-5-2/h6-8,10,14-15H,4-5,9H2,1-3H3. The van der Waals surface area contributed by atoms with E-state index in [2.05, 4.69) is 19.2 Å². The molecule has 0 aromatic heterocycles. The predicted octanol–water partition coefficient (Wildman–Crippen LogP) is 2.68. The molecule has 0 fully saturated rings. The molecule has 2 N–H and O–H groups in total. The maximum absolute atomic E-state index is 9.94. The first-order chi connectivity index (χ1) is 7.69.